The number of carbonyl (C=O) groups excluding carboxylic acids is 1. The van der Waals surface area contributed by atoms with Crippen molar-refractivity contribution in [1.29, 1.82) is 0 Å². The van der Waals surface area contributed by atoms with Crippen LogP contribution in [-0.4, -0.2) is 30.5 Å². The Morgan fingerprint density at radius 3 is 2.39 bits per heavy atom. The summed E-state index contributed by atoms with van der Waals surface area (Å²) in [6.45, 7) is 1.62. The summed E-state index contributed by atoms with van der Waals surface area (Å²) in [6.07, 6.45) is 8.34. The molecule has 5 rings (SSSR count). The number of anilines is 1. The maximum Gasteiger partial charge on any atom is 0.257 e. The lowest BCUT2D eigenvalue weighted by Crippen LogP contribution is -2.48. The van der Waals surface area contributed by atoms with Gasteiger partial charge in [0, 0.05) is 35.5 Å². The predicted octanol–water partition coefficient (Wildman–Crippen LogP) is 5.75. The molecule has 33 heavy (non-hydrogen) atoms. The van der Waals surface area contributed by atoms with Crippen molar-refractivity contribution in [1.82, 2.24) is 4.90 Å². The molecule has 1 atom stereocenters. The van der Waals surface area contributed by atoms with E-state index >= 15 is 0 Å². The molecule has 1 N–H and O–H groups in total. The first-order valence-corrected chi connectivity index (χ1v) is 11.5. The highest BCUT2D eigenvalue weighted by molar-refractivity contribution is 6.00. The normalized spacial score (nSPS) is 19.3. The molecule has 0 saturated heterocycles. The number of amides is 1. The molecule has 0 bridgehead atoms. The van der Waals surface area contributed by atoms with Gasteiger partial charge in [0.05, 0.1) is 6.61 Å². The summed E-state index contributed by atoms with van der Waals surface area (Å²) in [5.41, 5.74) is 3.92. The third-order valence-electron chi connectivity index (χ3n) is 6.29. The number of allylic oxidation sites excluding steroid dienone is 3. The van der Waals surface area contributed by atoms with Crippen LogP contribution in [0.3, 0.4) is 0 Å². The highest BCUT2D eigenvalue weighted by Crippen LogP contribution is 2.45. The first-order chi connectivity index (χ1) is 16.3. The Morgan fingerprint density at radius 2 is 1.64 bits per heavy atom. The van der Waals surface area contributed by atoms with Gasteiger partial charge in [0.25, 0.3) is 5.91 Å². The number of nitrogens with zero attached hydrogens (tertiary/aromatic N) is 1. The first kappa shape index (κ1) is 21.2. The lowest BCUT2D eigenvalue weighted by Gasteiger charge is -2.40. The topological polar surface area (TPSA) is 41.6 Å². The lowest BCUT2D eigenvalue weighted by molar-refractivity contribution is -0.101. The van der Waals surface area contributed by atoms with Gasteiger partial charge in [0.2, 0.25) is 0 Å². The molecular formula is C29H28N2O2. The Kier molecular flexibility index (Phi) is 6.09. The minimum Gasteiger partial charge on any atom is -0.383 e. The van der Waals surface area contributed by atoms with Crippen LogP contribution >= 0.6 is 0 Å². The second kappa shape index (κ2) is 9.47. The van der Waals surface area contributed by atoms with Crippen LogP contribution in [-0.2, 0) is 10.5 Å². The van der Waals surface area contributed by atoms with Crippen LogP contribution in [0.5, 0.6) is 0 Å². The lowest BCUT2D eigenvalue weighted by atomic mass is 9.93. The molecule has 1 amide bonds. The number of para-hydroxylation sites is 1. The Balaban J connectivity index is 1.51. The number of hydrogen-bond donors (Lipinski definition) is 1. The van der Waals surface area contributed by atoms with Crippen molar-refractivity contribution in [2.45, 2.75) is 18.6 Å². The molecule has 0 aromatic heterocycles. The number of rotatable bonds is 8. The van der Waals surface area contributed by atoms with Gasteiger partial charge in [-0.1, -0.05) is 90.5 Å². The van der Waals surface area contributed by atoms with Gasteiger partial charge in [-0.05, 0) is 31.0 Å². The smallest absolute Gasteiger partial charge is 0.257 e. The van der Waals surface area contributed by atoms with Gasteiger partial charge in [-0.3, -0.25) is 9.69 Å². The van der Waals surface area contributed by atoms with E-state index in [1.54, 1.807) is 0 Å². The van der Waals surface area contributed by atoms with E-state index in [1.165, 1.54) is 5.57 Å². The molecule has 1 heterocycles. The number of carbonyl (C=O) groups is 1. The number of fused-ring (bicyclic) bond motifs is 1. The van der Waals surface area contributed by atoms with Crippen LogP contribution in [0, 0.1) is 0 Å². The molecule has 3 aromatic carbocycles. The monoisotopic (exact) mass is 436 g/mol. The second-order valence-electron chi connectivity index (χ2n) is 8.38. The first-order valence-electron chi connectivity index (χ1n) is 11.5. The van der Waals surface area contributed by atoms with Crippen molar-refractivity contribution in [2.75, 3.05) is 25.0 Å². The van der Waals surface area contributed by atoms with Crippen molar-refractivity contribution in [2.24, 2.45) is 0 Å². The van der Waals surface area contributed by atoms with Gasteiger partial charge < -0.3 is 10.1 Å². The third-order valence-corrected chi connectivity index (χ3v) is 6.29. The maximum atomic E-state index is 13.7. The summed E-state index contributed by atoms with van der Waals surface area (Å²) in [5, 5.41) is 3.42. The van der Waals surface area contributed by atoms with E-state index in [0.29, 0.717) is 25.3 Å². The van der Waals surface area contributed by atoms with Crippen molar-refractivity contribution >= 4 is 11.6 Å². The van der Waals surface area contributed by atoms with Crippen LogP contribution < -0.4 is 5.32 Å². The molecule has 3 aromatic rings. The third kappa shape index (κ3) is 4.10. The standard InChI is InChI=1S/C29H28N2O2/c32-28-26-18-10-11-19-27(26)29(24-14-6-2-7-15-24,31(28)22-23-12-4-1-5-13-23)33-21-20-30-25-16-8-3-9-17-25/h1-4,6-12,14-19,30H,5,13,20-22H2. The largest absolute Gasteiger partial charge is 0.383 e. The Bertz CT molecular complexity index is 1170. The van der Waals surface area contributed by atoms with Crippen LogP contribution in [0.15, 0.2) is 109 Å². The van der Waals surface area contributed by atoms with Gasteiger partial charge in [-0.15, -0.1) is 0 Å². The molecule has 1 unspecified atom stereocenters. The number of hydrogen-bond acceptors (Lipinski definition) is 3. The Morgan fingerprint density at radius 1 is 0.909 bits per heavy atom. The molecule has 1 aliphatic carbocycles. The van der Waals surface area contributed by atoms with E-state index in [2.05, 4.69) is 35.7 Å². The fraction of sp³-hybridized carbons (Fsp3) is 0.207. The average molecular weight is 437 g/mol. The van der Waals surface area contributed by atoms with Crippen molar-refractivity contribution < 1.29 is 9.53 Å². The molecule has 2 aliphatic rings. The van der Waals surface area contributed by atoms with E-state index < -0.39 is 5.72 Å². The predicted molar refractivity (Wildman–Crippen MR) is 132 cm³/mol. The fourth-order valence-corrected chi connectivity index (χ4v) is 4.73. The molecule has 0 saturated carbocycles. The molecule has 0 spiro atoms. The minimum atomic E-state index is -0.963. The summed E-state index contributed by atoms with van der Waals surface area (Å²) >= 11 is 0. The summed E-state index contributed by atoms with van der Waals surface area (Å²) in [7, 11) is 0. The quantitative estimate of drug-likeness (QED) is 0.457. The molecular weight excluding hydrogens is 408 g/mol. The zero-order chi connectivity index (χ0) is 22.5. The van der Waals surface area contributed by atoms with Gasteiger partial charge >= 0.3 is 0 Å². The van der Waals surface area contributed by atoms with Crippen LogP contribution in [0.25, 0.3) is 0 Å². The van der Waals surface area contributed by atoms with Crippen LogP contribution in [0.1, 0.15) is 34.3 Å². The van der Waals surface area contributed by atoms with E-state index in [1.807, 2.05) is 77.7 Å². The summed E-state index contributed by atoms with van der Waals surface area (Å²) in [5.74, 6) is 0.0147. The van der Waals surface area contributed by atoms with Crippen molar-refractivity contribution in [3.05, 3.63) is 125 Å². The van der Waals surface area contributed by atoms with E-state index in [4.69, 9.17) is 4.74 Å². The Labute approximate surface area is 195 Å². The van der Waals surface area contributed by atoms with Gasteiger partial charge in [0.1, 0.15) is 0 Å². The zero-order valence-electron chi connectivity index (χ0n) is 18.6. The maximum absolute atomic E-state index is 13.7. The van der Waals surface area contributed by atoms with Gasteiger partial charge in [-0.25, -0.2) is 0 Å². The molecule has 166 valence electrons. The minimum absolute atomic E-state index is 0.0147. The fourth-order valence-electron chi connectivity index (χ4n) is 4.73. The van der Waals surface area contributed by atoms with Crippen molar-refractivity contribution in [3.63, 3.8) is 0 Å². The molecule has 4 heteroatoms. The van der Waals surface area contributed by atoms with Gasteiger partial charge in [-0.2, -0.15) is 0 Å². The molecule has 1 aliphatic heterocycles. The van der Waals surface area contributed by atoms with Crippen LogP contribution in [0.2, 0.25) is 0 Å². The summed E-state index contributed by atoms with van der Waals surface area (Å²) < 4.78 is 6.75. The second-order valence-corrected chi connectivity index (χ2v) is 8.38. The van der Waals surface area contributed by atoms with Gasteiger partial charge in [0.15, 0.2) is 5.72 Å². The zero-order valence-corrected chi connectivity index (χ0v) is 18.6. The number of benzene rings is 3. The van der Waals surface area contributed by atoms with E-state index in [9.17, 15) is 4.79 Å². The number of nitrogens with one attached hydrogen (secondary N) is 1. The SMILES string of the molecule is O=C1c2ccccc2C(OCCNc2ccccc2)(c2ccccc2)N1CC1=CC=CCC1. The molecule has 0 fully saturated rings. The molecule has 0 radical (unpaired) electrons. The highest BCUT2D eigenvalue weighted by Gasteiger charge is 2.52. The van der Waals surface area contributed by atoms with E-state index in [-0.39, 0.29) is 5.91 Å². The van der Waals surface area contributed by atoms with Crippen LogP contribution in [0.4, 0.5) is 5.69 Å². The molecule has 4 nitrogen and oxygen atoms in total. The number of ether oxygens (including phenoxy) is 1. The average Bonchev–Trinajstić information content (AvgIpc) is 3.12. The Hall–Kier alpha value is -3.63. The summed E-state index contributed by atoms with van der Waals surface area (Å²) in [6, 6.07) is 28.1. The highest BCUT2D eigenvalue weighted by atomic mass is 16.5. The van der Waals surface area contributed by atoms with E-state index in [0.717, 1.165) is 29.7 Å². The van der Waals surface area contributed by atoms with Crippen molar-refractivity contribution in [3.8, 4) is 0 Å². The summed E-state index contributed by atoms with van der Waals surface area (Å²) in [4.78, 5) is 15.6.